The highest BCUT2D eigenvalue weighted by atomic mass is 16.5. The predicted molar refractivity (Wildman–Crippen MR) is 57.7 cm³/mol. The Labute approximate surface area is 92.1 Å². The summed E-state index contributed by atoms with van der Waals surface area (Å²) >= 11 is 0. The number of urea groups is 1. The van der Waals surface area contributed by atoms with Gasteiger partial charge in [0, 0.05) is 5.56 Å². The molecular weight excluding hydrogens is 210 g/mol. The van der Waals surface area contributed by atoms with Gasteiger partial charge in [0.2, 0.25) is 0 Å². The third kappa shape index (κ3) is 3.09. The number of nitrogens with one attached hydrogen (secondary N) is 1. The molecule has 1 aromatic rings. The monoisotopic (exact) mass is 221 g/mol. The number of hydrogen-bond acceptors (Lipinski definition) is 4. The number of methoxy groups -OCH3 is 1. The number of hydrazone groups is 1. The van der Waals surface area contributed by atoms with Gasteiger partial charge in [-0.05, 0) is 0 Å². The highest BCUT2D eigenvalue weighted by Crippen LogP contribution is 2.02. The molecule has 84 valence electrons. The number of nitrogens with zero attached hydrogens (tertiary/aromatic N) is 1. The fraction of sp³-hybridized carbons (Fsp3) is 0.100. The van der Waals surface area contributed by atoms with Crippen molar-refractivity contribution < 1.29 is 14.3 Å². The summed E-state index contributed by atoms with van der Waals surface area (Å²) in [6.45, 7) is 0. The minimum atomic E-state index is -0.850. The molecule has 0 spiro atoms. The topological polar surface area (TPSA) is 93.8 Å². The van der Waals surface area contributed by atoms with Crippen LogP contribution in [0.5, 0.6) is 0 Å². The Kier molecular flexibility index (Phi) is 4.02. The van der Waals surface area contributed by atoms with Gasteiger partial charge in [-0.3, -0.25) is 0 Å². The summed E-state index contributed by atoms with van der Waals surface area (Å²) in [6.07, 6.45) is 0. The van der Waals surface area contributed by atoms with Crippen LogP contribution >= 0.6 is 0 Å². The molecule has 0 bridgehead atoms. The number of carbonyl (C=O) groups is 2. The number of amides is 2. The molecule has 16 heavy (non-hydrogen) atoms. The van der Waals surface area contributed by atoms with E-state index in [9.17, 15) is 9.59 Å². The van der Waals surface area contributed by atoms with Crippen LogP contribution in [0.3, 0.4) is 0 Å². The van der Waals surface area contributed by atoms with Crippen LogP contribution < -0.4 is 11.2 Å². The Morgan fingerprint density at radius 3 is 2.44 bits per heavy atom. The molecule has 0 aromatic heterocycles. The third-order valence-corrected chi connectivity index (χ3v) is 1.70. The van der Waals surface area contributed by atoms with Crippen LogP contribution in [0, 0.1) is 0 Å². The van der Waals surface area contributed by atoms with Crippen molar-refractivity contribution in [1.29, 1.82) is 0 Å². The predicted octanol–water partition coefficient (Wildman–Crippen LogP) is 0.232. The number of carbonyl (C=O) groups excluding carboxylic acids is 2. The van der Waals surface area contributed by atoms with Crippen molar-refractivity contribution >= 4 is 17.7 Å². The SMILES string of the molecule is COC(=O)C(=NNC(N)=O)c1ccccc1. The maximum Gasteiger partial charge on any atom is 0.359 e. The minimum Gasteiger partial charge on any atom is -0.464 e. The summed E-state index contributed by atoms with van der Waals surface area (Å²) in [6, 6.07) is 7.74. The second-order valence-electron chi connectivity index (χ2n) is 2.79. The lowest BCUT2D eigenvalue weighted by molar-refractivity contribution is -0.132. The summed E-state index contributed by atoms with van der Waals surface area (Å²) in [4.78, 5) is 21.9. The number of benzene rings is 1. The number of hydrogen-bond donors (Lipinski definition) is 2. The van der Waals surface area contributed by atoms with Crippen LogP contribution in [0.15, 0.2) is 35.4 Å². The fourth-order valence-electron chi connectivity index (χ4n) is 1.03. The minimum absolute atomic E-state index is 0.0121. The van der Waals surface area contributed by atoms with Gasteiger partial charge in [0.05, 0.1) is 7.11 Å². The van der Waals surface area contributed by atoms with Crippen molar-refractivity contribution in [3.8, 4) is 0 Å². The van der Waals surface area contributed by atoms with Gasteiger partial charge in [0.1, 0.15) is 0 Å². The Morgan fingerprint density at radius 2 is 1.94 bits per heavy atom. The summed E-state index contributed by atoms with van der Waals surface area (Å²) in [7, 11) is 1.23. The van der Waals surface area contributed by atoms with Crippen LogP contribution in [0.2, 0.25) is 0 Å². The maximum absolute atomic E-state index is 11.4. The highest BCUT2D eigenvalue weighted by molar-refractivity contribution is 6.43. The first-order valence-electron chi connectivity index (χ1n) is 4.42. The van der Waals surface area contributed by atoms with Gasteiger partial charge in [-0.25, -0.2) is 15.0 Å². The number of nitrogens with two attached hydrogens (primary N) is 1. The molecule has 0 heterocycles. The summed E-state index contributed by atoms with van der Waals surface area (Å²) in [5.41, 5.74) is 7.35. The van der Waals surface area contributed by atoms with Crippen molar-refractivity contribution in [3.63, 3.8) is 0 Å². The van der Waals surface area contributed by atoms with Crippen LogP contribution in [0.4, 0.5) is 4.79 Å². The van der Waals surface area contributed by atoms with Crippen molar-refractivity contribution in [1.82, 2.24) is 5.43 Å². The largest absolute Gasteiger partial charge is 0.464 e. The van der Waals surface area contributed by atoms with Crippen molar-refractivity contribution in [2.75, 3.05) is 7.11 Å². The zero-order chi connectivity index (χ0) is 12.0. The quantitative estimate of drug-likeness (QED) is 0.434. The molecule has 2 amide bonds. The molecule has 0 saturated carbocycles. The highest BCUT2D eigenvalue weighted by Gasteiger charge is 2.14. The number of esters is 1. The third-order valence-electron chi connectivity index (χ3n) is 1.70. The molecule has 1 aromatic carbocycles. The zero-order valence-electron chi connectivity index (χ0n) is 8.64. The average Bonchev–Trinajstić information content (AvgIpc) is 2.30. The summed E-state index contributed by atoms with van der Waals surface area (Å²) in [5, 5.41) is 3.58. The second kappa shape index (κ2) is 5.50. The fourth-order valence-corrected chi connectivity index (χ4v) is 1.03. The lowest BCUT2D eigenvalue weighted by Gasteiger charge is -2.03. The standard InChI is InChI=1S/C10H11N3O3/c1-16-9(14)8(12-13-10(11)15)7-5-3-2-4-6-7/h2-6H,1H3,(H3,11,13,15). The normalized spacial score (nSPS) is 10.7. The maximum atomic E-state index is 11.4. The van der Waals surface area contributed by atoms with E-state index in [0.29, 0.717) is 5.56 Å². The molecule has 0 aliphatic carbocycles. The Bertz CT molecular complexity index is 415. The number of ether oxygens (including phenoxy) is 1. The van der Waals surface area contributed by atoms with E-state index in [1.54, 1.807) is 30.3 Å². The van der Waals surface area contributed by atoms with E-state index >= 15 is 0 Å². The molecule has 0 unspecified atom stereocenters. The van der Waals surface area contributed by atoms with E-state index in [1.807, 2.05) is 5.43 Å². The van der Waals surface area contributed by atoms with E-state index < -0.39 is 12.0 Å². The van der Waals surface area contributed by atoms with Gasteiger partial charge in [-0.1, -0.05) is 30.3 Å². The molecule has 6 nitrogen and oxygen atoms in total. The number of primary amides is 1. The van der Waals surface area contributed by atoms with Gasteiger partial charge in [0.25, 0.3) is 0 Å². The zero-order valence-corrected chi connectivity index (χ0v) is 8.64. The molecule has 3 N–H and O–H groups in total. The van der Waals surface area contributed by atoms with Crippen molar-refractivity contribution in [3.05, 3.63) is 35.9 Å². The van der Waals surface area contributed by atoms with Crippen LogP contribution in [0.25, 0.3) is 0 Å². The number of rotatable bonds is 3. The average molecular weight is 221 g/mol. The lowest BCUT2D eigenvalue weighted by atomic mass is 10.1. The lowest BCUT2D eigenvalue weighted by Crippen LogP contribution is -2.28. The molecule has 0 atom stereocenters. The molecule has 0 radical (unpaired) electrons. The van der Waals surface area contributed by atoms with Gasteiger partial charge in [0.15, 0.2) is 5.71 Å². The first kappa shape index (κ1) is 11.7. The molecule has 1 rings (SSSR count). The Hall–Kier alpha value is -2.37. The molecule has 0 aliphatic heterocycles. The van der Waals surface area contributed by atoms with E-state index in [0.717, 1.165) is 0 Å². The Morgan fingerprint density at radius 1 is 1.31 bits per heavy atom. The first-order chi connectivity index (χ1) is 7.65. The van der Waals surface area contributed by atoms with Crippen LogP contribution in [-0.2, 0) is 9.53 Å². The molecule has 6 heteroatoms. The molecule has 0 saturated heterocycles. The van der Waals surface area contributed by atoms with E-state index in [4.69, 9.17) is 5.73 Å². The molecule has 0 fully saturated rings. The van der Waals surface area contributed by atoms with E-state index in [2.05, 4.69) is 9.84 Å². The van der Waals surface area contributed by atoms with E-state index in [-0.39, 0.29) is 5.71 Å². The first-order valence-corrected chi connectivity index (χ1v) is 4.42. The van der Waals surface area contributed by atoms with Crippen molar-refractivity contribution in [2.24, 2.45) is 10.8 Å². The van der Waals surface area contributed by atoms with Crippen LogP contribution in [0.1, 0.15) is 5.56 Å². The van der Waals surface area contributed by atoms with Crippen molar-refractivity contribution in [2.45, 2.75) is 0 Å². The van der Waals surface area contributed by atoms with E-state index in [1.165, 1.54) is 7.11 Å². The molecular formula is C10H11N3O3. The Balaban J connectivity index is 3.01. The van der Waals surface area contributed by atoms with Gasteiger partial charge >= 0.3 is 12.0 Å². The summed E-state index contributed by atoms with van der Waals surface area (Å²) < 4.78 is 4.54. The van der Waals surface area contributed by atoms with Gasteiger partial charge < -0.3 is 10.5 Å². The second-order valence-corrected chi connectivity index (χ2v) is 2.79. The van der Waals surface area contributed by atoms with Gasteiger partial charge in [-0.2, -0.15) is 5.10 Å². The van der Waals surface area contributed by atoms with Crippen LogP contribution in [-0.4, -0.2) is 24.8 Å². The smallest absolute Gasteiger partial charge is 0.359 e. The van der Waals surface area contributed by atoms with Gasteiger partial charge in [-0.15, -0.1) is 0 Å². The summed E-state index contributed by atoms with van der Waals surface area (Å²) in [5.74, 6) is -0.653. The molecule has 0 aliphatic rings.